The van der Waals surface area contributed by atoms with Crippen LogP contribution in [0.1, 0.15) is 0 Å². The van der Waals surface area contributed by atoms with Crippen LogP contribution in [-0.4, -0.2) is 35.3 Å². The van der Waals surface area contributed by atoms with E-state index in [2.05, 4.69) is 17.9 Å². The fraction of sp³-hybridized carbons (Fsp3) is 0.600. The van der Waals surface area contributed by atoms with Crippen LogP contribution in [0.2, 0.25) is 0 Å². The topological polar surface area (TPSA) is 92.4 Å². The fourth-order valence-corrected chi connectivity index (χ4v) is 0.686. The lowest BCUT2D eigenvalue weighted by molar-refractivity contribution is -0.140. The highest BCUT2D eigenvalue weighted by molar-refractivity contribution is 7.80. The van der Waals surface area contributed by atoms with Gasteiger partial charge in [-0.1, -0.05) is 0 Å². The van der Waals surface area contributed by atoms with Crippen molar-refractivity contribution in [1.82, 2.24) is 5.32 Å². The number of carbonyl (C=O) groups excluding carboxylic acids is 1. The monoisotopic (exact) mass is 178 g/mol. The number of thiol groups is 1. The van der Waals surface area contributed by atoms with Crippen molar-refractivity contribution in [1.29, 1.82) is 0 Å². The van der Waals surface area contributed by atoms with Crippen molar-refractivity contribution in [2.45, 2.75) is 6.04 Å². The van der Waals surface area contributed by atoms with E-state index in [1.165, 1.54) is 0 Å². The average molecular weight is 178 g/mol. The van der Waals surface area contributed by atoms with E-state index in [9.17, 15) is 9.59 Å². The summed E-state index contributed by atoms with van der Waals surface area (Å²) in [5.41, 5.74) is 4.95. The van der Waals surface area contributed by atoms with Gasteiger partial charge < -0.3 is 16.2 Å². The van der Waals surface area contributed by atoms with Crippen LogP contribution in [0.4, 0.5) is 0 Å². The largest absolute Gasteiger partial charge is 0.480 e. The molecular weight excluding hydrogens is 168 g/mol. The van der Waals surface area contributed by atoms with Crippen molar-refractivity contribution in [2.24, 2.45) is 5.73 Å². The Balaban J connectivity index is 3.88. The van der Waals surface area contributed by atoms with Crippen molar-refractivity contribution in [3.63, 3.8) is 0 Å². The third-order valence-electron chi connectivity index (χ3n) is 1.00. The molecular formula is C5H10N2O3S. The third-order valence-corrected chi connectivity index (χ3v) is 1.37. The summed E-state index contributed by atoms with van der Waals surface area (Å²) < 4.78 is 0. The van der Waals surface area contributed by atoms with Gasteiger partial charge in [-0.05, 0) is 0 Å². The summed E-state index contributed by atoms with van der Waals surface area (Å²) in [4.78, 5) is 20.8. The van der Waals surface area contributed by atoms with E-state index in [0.717, 1.165) is 0 Å². The maximum absolute atomic E-state index is 10.6. The van der Waals surface area contributed by atoms with Crippen LogP contribution in [0.5, 0.6) is 0 Å². The molecule has 0 fully saturated rings. The highest BCUT2D eigenvalue weighted by Crippen LogP contribution is 1.86. The van der Waals surface area contributed by atoms with Gasteiger partial charge in [-0.15, -0.1) is 0 Å². The zero-order valence-corrected chi connectivity index (χ0v) is 6.67. The van der Waals surface area contributed by atoms with Crippen LogP contribution in [0.3, 0.4) is 0 Å². The number of nitrogens with two attached hydrogens (primary N) is 1. The summed E-state index contributed by atoms with van der Waals surface area (Å²) in [7, 11) is 0. The quantitative estimate of drug-likeness (QED) is 0.392. The Hall–Kier alpha value is -0.750. The first-order valence-electron chi connectivity index (χ1n) is 2.95. The Bertz CT molecular complexity index is 162. The van der Waals surface area contributed by atoms with Gasteiger partial charge in [0.25, 0.3) is 0 Å². The molecule has 6 heteroatoms. The number of carboxylic acids is 1. The Morgan fingerprint density at radius 1 is 1.64 bits per heavy atom. The molecule has 0 heterocycles. The lowest BCUT2D eigenvalue weighted by atomic mass is 10.3. The van der Waals surface area contributed by atoms with Gasteiger partial charge in [-0.3, -0.25) is 4.79 Å². The summed E-state index contributed by atoms with van der Waals surface area (Å²) in [6.45, 7) is -0.211. The molecule has 0 aliphatic heterocycles. The Kier molecular flexibility index (Phi) is 4.64. The van der Waals surface area contributed by atoms with Crippen LogP contribution in [0.25, 0.3) is 0 Å². The fourth-order valence-electron chi connectivity index (χ4n) is 0.439. The van der Waals surface area contributed by atoms with E-state index in [0.29, 0.717) is 0 Å². The molecule has 64 valence electrons. The molecule has 0 saturated heterocycles. The number of aliphatic carboxylic acids is 1. The van der Waals surface area contributed by atoms with Gasteiger partial charge >= 0.3 is 5.97 Å². The number of hydrogen-bond acceptors (Lipinski definition) is 4. The number of rotatable bonds is 4. The van der Waals surface area contributed by atoms with Crippen molar-refractivity contribution in [3.05, 3.63) is 0 Å². The van der Waals surface area contributed by atoms with Crippen LogP contribution in [-0.2, 0) is 9.59 Å². The van der Waals surface area contributed by atoms with Crippen molar-refractivity contribution < 1.29 is 14.7 Å². The van der Waals surface area contributed by atoms with Gasteiger partial charge in [0, 0.05) is 5.75 Å². The zero-order chi connectivity index (χ0) is 8.85. The van der Waals surface area contributed by atoms with E-state index in [4.69, 9.17) is 10.8 Å². The minimum atomic E-state index is -1.11. The number of amides is 1. The molecule has 11 heavy (non-hydrogen) atoms. The first kappa shape index (κ1) is 10.2. The van der Waals surface area contributed by atoms with Gasteiger partial charge in [0.2, 0.25) is 5.91 Å². The minimum Gasteiger partial charge on any atom is -0.480 e. The number of hydrogen-bond donors (Lipinski definition) is 4. The van der Waals surface area contributed by atoms with Gasteiger partial charge in [0.05, 0.1) is 6.54 Å². The molecule has 0 spiro atoms. The molecule has 0 unspecified atom stereocenters. The van der Waals surface area contributed by atoms with Gasteiger partial charge in [0.1, 0.15) is 6.04 Å². The molecule has 0 aliphatic carbocycles. The van der Waals surface area contributed by atoms with E-state index in [1.807, 2.05) is 0 Å². The van der Waals surface area contributed by atoms with E-state index in [1.54, 1.807) is 0 Å². The van der Waals surface area contributed by atoms with E-state index in [-0.39, 0.29) is 12.3 Å². The number of carboxylic acid groups (broad SMARTS) is 1. The summed E-state index contributed by atoms with van der Waals surface area (Å²) >= 11 is 3.73. The molecule has 0 aromatic heterocycles. The number of carbonyl (C=O) groups is 2. The van der Waals surface area contributed by atoms with Crippen LogP contribution in [0.15, 0.2) is 0 Å². The predicted octanol–water partition coefficient (Wildman–Crippen LogP) is -1.56. The Morgan fingerprint density at radius 2 is 2.18 bits per heavy atom. The summed E-state index contributed by atoms with van der Waals surface area (Å²) in [6, 6.07) is -0.950. The molecule has 0 aliphatic rings. The molecule has 0 saturated carbocycles. The minimum absolute atomic E-state index is 0.0566. The maximum atomic E-state index is 10.6. The summed E-state index contributed by atoms with van der Waals surface area (Å²) in [5.74, 6) is -1.55. The van der Waals surface area contributed by atoms with Crippen LogP contribution in [0, 0.1) is 0 Å². The molecule has 0 rings (SSSR count). The molecule has 1 amide bonds. The normalized spacial score (nSPS) is 12.2. The predicted molar refractivity (Wildman–Crippen MR) is 42.5 cm³/mol. The second-order valence-electron chi connectivity index (χ2n) is 1.85. The Labute approximate surface area is 69.4 Å². The molecule has 0 aromatic carbocycles. The Morgan fingerprint density at radius 3 is 2.45 bits per heavy atom. The number of nitrogens with one attached hydrogen (secondary N) is 1. The summed E-state index contributed by atoms with van der Waals surface area (Å²) in [5, 5.41) is 10.6. The average Bonchev–Trinajstić information content (AvgIpc) is 1.99. The maximum Gasteiger partial charge on any atom is 0.327 e. The van der Waals surface area contributed by atoms with Crippen LogP contribution < -0.4 is 11.1 Å². The van der Waals surface area contributed by atoms with Crippen molar-refractivity contribution in [3.8, 4) is 0 Å². The molecule has 5 nitrogen and oxygen atoms in total. The highest BCUT2D eigenvalue weighted by Gasteiger charge is 2.16. The smallest absolute Gasteiger partial charge is 0.327 e. The molecule has 1 atom stereocenters. The summed E-state index contributed by atoms with van der Waals surface area (Å²) in [6.07, 6.45) is 0. The highest BCUT2D eigenvalue weighted by atomic mass is 32.1. The van der Waals surface area contributed by atoms with Gasteiger partial charge in [-0.25, -0.2) is 4.79 Å². The SMILES string of the molecule is NCC(=O)N[C@H](CS)C(=O)O. The molecule has 0 aromatic rings. The van der Waals surface area contributed by atoms with Gasteiger partial charge in [-0.2, -0.15) is 12.6 Å². The van der Waals surface area contributed by atoms with Gasteiger partial charge in [0.15, 0.2) is 0 Å². The van der Waals surface area contributed by atoms with E-state index < -0.39 is 17.9 Å². The third kappa shape index (κ3) is 3.84. The van der Waals surface area contributed by atoms with Crippen molar-refractivity contribution >= 4 is 24.5 Å². The first-order chi connectivity index (χ1) is 5.11. The van der Waals surface area contributed by atoms with E-state index >= 15 is 0 Å². The molecule has 0 bridgehead atoms. The molecule has 0 radical (unpaired) electrons. The standard InChI is InChI=1S/C5H10N2O3S/c6-1-4(8)7-3(2-11)5(9)10/h3,11H,1-2,6H2,(H,7,8)(H,9,10)/t3-/m1/s1. The van der Waals surface area contributed by atoms with Crippen molar-refractivity contribution in [2.75, 3.05) is 12.3 Å². The lowest BCUT2D eigenvalue weighted by Gasteiger charge is -2.09. The lowest BCUT2D eigenvalue weighted by Crippen LogP contribution is -2.44. The first-order valence-corrected chi connectivity index (χ1v) is 3.58. The second kappa shape index (κ2) is 4.97. The second-order valence-corrected chi connectivity index (χ2v) is 2.21. The molecule has 4 N–H and O–H groups in total. The van der Waals surface area contributed by atoms with Crippen LogP contribution >= 0.6 is 12.6 Å². The zero-order valence-electron chi connectivity index (χ0n) is 5.78.